The zero-order valence-electron chi connectivity index (χ0n) is 9.83. The van der Waals surface area contributed by atoms with Gasteiger partial charge in [0.15, 0.2) is 0 Å². The molecule has 2 heterocycles. The minimum Gasteiger partial charge on any atom is -0.346 e. The number of nitrogens with zero attached hydrogens (tertiary/aromatic N) is 4. The number of hydrogen-bond donors (Lipinski definition) is 1. The van der Waals surface area contributed by atoms with Gasteiger partial charge in [-0.05, 0) is 25.0 Å². The molecule has 0 aliphatic heterocycles. The zero-order valence-corrected chi connectivity index (χ0v) is 9.83. The van der Waals surface area contributed by atoms with E-state index in [1.54, 1.807) is 12.1 Å². The van der Waals surface area contributed by atoms with E-state index < -0.39 is 0 Å². The molecule has 7 heteroatoms. The first-order valence-corrected chi connectivity index (χ1v) is 5.77. The number of carbonyl (C=O) groups excluding carboxylic acids is 1. The molecular formula is C12H9N5O2. The quantitative estimate of drug-likeness (QED) is 0.873. The van der Waals surface area contributed by atoms with Gasteiger partial charge in [-0.15, -0.1) is 0 Å². The fourth-order valence-corrected chi connectivity index (χ4v) is 1.48. The topological polar surface area (TPSA) is 105 Å². The zero-order chi connectivity index (χ0) is 13.2. The largest absolute Gasteiger partial charge is 0.346 e. The number of rotatable bonds is 3. The monoisotopic (exact) mass is 255 g/mol. The van der Waals surface area contributed by atoms with E-state index in [1.165, 1.54) is 6.20 Å². The highest BCUT2D eigenvalue weighted by atomic mass is 16.5. The Balaban J connectivity index is 1.79. The molecule has 1 amide bonds. The Hall–Kier alpha value is -2.75. The Labute approximate surface area is 108 Å². The lowest BCUT2D eigenvalue weighted by Crippen LogP contribution is -2.26. The molecule has 1 saturated carbocycles. The smallest absolute Gasteiger partial charge is 0.292 e. The van der Waals surface area contributed by atoms with E-state index in [0.29, 0.717) is 11.3 Å². The first-order chi connectivity index (χ1) is 9.26. The molecule has 1 aliphatic rings. The second-order valence-corrected chi connectivity index (χ2v) is 4.21. The van der Waals surface area contributed by atoms with Crippen molar-refractivity contribution in [3.05, 3.63) is 29.7 Å². The van der Waals surface area contributed by atoms with Crippen LogP contribution in [0.3, 0.4) is 0 Å². The number of nitrogens with one attached hydrogen (secondary N) is 1. The maximum Gasteiger partial charge on any atom is 0.292 e. The summed E-state index contributed by atoms with van der Waals surface area (Å²) in [6.07, 6.45) is 3.39. The molecule has 3 rings (SSSR count). The van der Waals surface area contributed by atoms with Crippen LogP contribution in [0.25, 0.3) is 11.6 Å². The molecule has 0 bridgehead atoms. The number of nitriles is 1. The average Bonchev–Trinajstić information content (AvgIpc) is 3.11. The third-order valence-electron chi connectivity index (χ3n) is 2.65. The van der Waals surface area contributed by atoms with Gasteiger partial charge in [0.2, 0.25) is 0 Å². The number of pyridine rings is 1. The molecule has 0 spiro atoms. The maximum atomic E-state index is 11.7. The first-order valence-electron chi connectivity index (χ1n) is 5.77. The molecule has 94 valence electrons. The number of carbonyl (C=O) groups is 1. The van der Waals surface area contributed by atoms with E-state index in [1.807, 2.05) is 6.07 Å². The van der Waals surface area contributed by atoms with Crippen molar-refractivity contribution >= 4 is 5.91 Å². The summed E-state index contributed by atoms with van der Waals surface area (Å²) < 4.78 is 4.98. The van der Waals surface area contributed by atoms with Gasteiger partial charge < -0.3 is 9.84 Å². The highest BCUT2D eigenvalue weighted by Gasteiger charge is 2.26. The third kappa shape index (κ3) is 2.42. The van der Waals surface area contributed by atoms with E-state index in [-0.39, 0.29) is 23.7 Å². The summed E-state index contributed by atoms with van der Waals surface area (Å²) in [5, 5.41) is 15.0. The molecular weight excluding hydrogens is 246 g/mol. The van der Waals surface area contributed by atoms with Crippen LogP contribution in [0.15, 0.2) is 22.9 Å². The summed E-state index contributed by atoms with van der Waals surface area (Å²) in [5.41, 5.74) is 0.868. The van der Waals surface area contributed by atoms with Gasteiger partial charge in [-0.3, -0.25) is 4.79 Å². The minimum absolute atomic E-state index is 0.00643. The molecule has 1 aliphatic carbocycles. The molecule has 0 atom stereocenters. The third-order valence-corrected chi connectivity index (χ3v) is 2.65. The summed E-state index contributed by atoms with van der Waals surface area (Å²) in [6.45, 7) is 0. The van der Waals surface area contributed by atoms with Crippen molar-refractivity contribution in [3.8, 4) is 17.7 Å². The Morgan fingerprint density at radius 2 is 2.32 bits per heavy atom. The van der Waals surface area contributed by atoms with Crippen molar-refractivity contribution in [2.75, 3.05) is 0 Å². The van der Waals surface area contributed by atoms with E-state index in [4.69, 9.17) is 9.78 Å². The van der Waals surface area contributed by atoms with Crippen LogP contribution < -0.4 is 5.32 Å². The molecule has 0 radical (unpaired) electrons. The van der Waals surface area contributed by atoms with Crippen molar-refractivity contribution in [1.29, 1.82) is 5.26 Å². The van der Waals surface area contributed by atoms with E-state index in [9.17, 15) is 4.79 Å². The van der Waals surface area contributed by atoms with Crippen LogP contribution in [0.5, 0.6) is 0 Å². The fraction of sp³-hybridized carbons (Fsp3) is 0.250. The van der Waals surface area contributed by atoms with Gasteiger partial charge >= 0.3 is 0 Å². The van der Waals surface area contributed by atoms with Gasteiger partial charge in [0.05, 0.1) is 5.56 Å². The lowest BCUT2D eigenvalue weighted by molar-refractivity contribution is 0.0937. The van der Waals surface area contributed by atoms with Gasteiger partial charge in [-0.2, -0.15) is 10.2 Å². The van der Waals surface area contributed by atoms with Crippen LogP contribution in [-0.2, 0) is 0 Å². The second kappa shape index (κ2) is 4.49. The molecule has 0 saturated heterocycles. The highest BCUT2D eigenvalue weighted by molar-refractivity contribution is 5.91. The lowest BCUT2D eigenvalue weighted by Gasteiger charge is -1.95. The SMILES string of the molecule is N#Cc1ccc(-c2nc(C(=O)NC3CC3)no2)nc1. The van der Waals surface area contributed by atoms with Crippen molar-refractivity contribution < 1.29 is 9.32 Å². The number of amides is 1. The van der Waals surface area contributed by atoms with Crippen LogP contribution in [0, 0.1) is 11.3 Å². The van der Waals surface area contributed by atoms with Gasteiger partial charge in [-0.25, -0.2) is 4.98 Å². The summed E-state index contributed by atoms with van der Waals surface area (Å²) in [7, 11) is 0. The second-order valence-electron chi connectivity index (χ2n) is 4.21. The molecule has 7 nitrogen and oxygen atoms in total. The van der Waals surface area contributed by atoms with Crippen LogP contribution >= 0.6 is 0 Å². The Morgan fingerprint density at radius 1 is 1.47 bits per heavy atom. The molecule has 0 aromatic carbocycles. The van der Waals surface area contributed by atoms with Crippen LogP contribution in [0.1, 0.15) is 29.0 Å². The number of hydrogen-bond acceptors (Lipinski definition) is 6. The normalized spacial score (nSPS) is 13.8. The van der Waals surface area contributed by atoms with Crippen molar-refractivity contribution in [2.24, 2.45) is 0 Å². The van der Waals surface area contributed by atoms with Crippen molar-refractivity contribution in [1.82, 2.24) is 20.4 Å². The van der Waals surface area contributed by atoms with Crippen LogP contribution in [0.2, 0.25) is 0 Å². The van der Waals surface area contributed by atoms with Crippen molar-refractivity contribution in [3.63, 3.8) is 0 Å². The fourth-order valence-electron chi connectivity index (χ4n) is 1.48. The van der Waals surface area contributed by atoms with Gasteiger partial charge in [0.25, 0.3) is 17.6 Å². The summed E-state index contributed by atoms with van der Waals surface area (Å²) in [5.74, 6) is -0.190. The summed E-state index contributed by atoms with van der Waals surface area (Å²) in [4.78, 5) is 19.7. The Kier molecular flexibility index (Phi) is 2.68. The predicted octanol–water partition coefficient (Wildman–Crippen LogP) is 0.895. The van der Waals surface area contributed by atoms with Crippen LogP contribution in [0.4, 0.5) is 0 Å². The average molecular weight is 255 g/mol. The molecule has 1 N–H and O–H groups in total. The highest BCUT2D eigenvalue weighted by Crippen LogP contribution is 2.19. The Morgan fingerprint density at radius 3 is 2.95 bits per heavy atom. The van der Waals surface area contributed by atoms with E-state index in [0.717, 1.165) is 12.8 Å². The van der Waals surface area contributed by atoms with E-state index in [2.05, 4.69) is 20.4 Å². The van der Waals surface area contributed by atoms with Crippen molar-refractivity contribution in [2.45, 2.75) is 18.9 Å². The lowest BCUT2D eigenvalue weighted by atomic mass is 10.3. The molecule has 2 aromatic heterocycles. The molecule has 1 fully saturated rings. The van der Waals surface area contributed by atoms with Crippen LogP contribution in [-0.4, -0.2) is 27.1 Å². The number of aromatic nitrogens is 3. The molecule has 19 heavy (non-hydrogen) atoms. The summed E-state index contributed by atoms with van der Waals surface area (Å²) in [6, 6.07) is 5.39. The summed E-state index contributed by atoms with van der Waals surface area (Å²) >= 11 is 0. The standard InChI is InChI=1S/C12H9N5O2/c13-5-7-1-4-9(14-6-7)12-16-10(17-19-12)11(18)15-8-2-3-8/h1,4,6,8H,2-3H2,(H,15,18). The minimum atomic E-state index is -0.342. The van der Waals surface area contributed by atoms with Gasteiger partial charge in [-0.1, -0.05) is 5.16 Å². The first kappa shape index (κ1) is 11.3. The van der Waals surface area contributed by atoms with Gasteiger partial charge in [0, 0.05) is 12.2 Å². The van der Waals surface area contributed by atoms with Gasteiger partial charge in [0.1, 0.15) is 11.8 Å². The predicted molar refractivity (Wildman–Crippen MR) is 62.7 cm³/mol. The van der Waals surface area contributed by atoms with E-state index >= 15 is 0 Å². The maximum absolute atomic E-state index is 11.7. The molecule has 0 unspecified atom stereocenters. The Bertz CT molecular complexity index is 652. The molecule has 2 aromatic rings.